The zero-order valence-electron chi connectivity index (χ0n) is 15.8. The first-order valence-corrected chi connectivity index (χ1v) is 9.80. The second-order valence-corrected chi connectivity index (χ2v) is 7.46. The van der Waals surface area contributed by atoms with Gasteiger partial charge >= 0.3 is 0 Å². The van der Waals surface area contributed by atoms with E-state index < -0.39 is 0 Å². The molecule has 5 nitrogen and oxygen atoms in total. The van der Waals surface area contributed by atoms with Crippen LogP contribution in [0.15, 0.2) is 60.8 Å². The maximum Gasteiger partial charge on any atom is 0.261 e. The summed E-state index contributed by atoms with van der Waals surface area (Å²) in [6, 6.07) is 15.7. The second-order valence-electron chi connectivity index (χ2n) is 7.46. The van der Waals surface area contributed by atoms with E-state index in [1.807, 2.05) is 41.4 Å². The number of carbonyl (C=O) groups is 1. The number of para-hydroxylation sites is 1. The number of hydrogen-bond donors (Lipinski definition) is 0. The highest BCUT2D eigenvalue weighted by Gasteiger charge is 2.43. The van der Waals surface area contributed by atoms with Gasteiger partial charge in [-0.25, -0.2) is 14.4 Å². The molecule has 0 aliphatic carbocycles. The van der Waals surface area contributed by atoms with Crippen molar-refractivity contribution in [3.8, 4) is 17.1 Å². The molecule has 29 heavy (non-hydrogen) atoms. The quantitative estimate of drug-likeness (QED) is 0.678. The van der Waals surface area contributed by atoms with Crippen LogP contribution in [0.1, 0.15) is 30.1 Å². The Morgan fingerprint density at radius 2 is 1.90 bits per heavy atom. The summed E-state index contributed by atoms with van der Waals surface area (Å²) in [5, 5.41) is 0. The highest BCUT2D eigenvalue weighted by atomic mass is 19.1. The number of fused-ring (bicyclic) bond motifs is 4. The van der Waals surface area contributed by atoms with Crippen LogP contribution in [-0.4, -0.2) is 33.4 Å². The molecule has 1 saturated heterocycles. The van der Waals surface area contributed by atoms with Gasteiger partial charge in [-0.05, 0) is 49.2 Å². The van der Waals surface area contributed by atoms with E-state index in [1.54, 1.807) is 12.1 Å². The number of amides is 1. The van der Waals surface area contributed by atoms with Crippen LogP contribution in [0.5, 0.6) is 5.75 Å². The Morgan fingerprint density at radius 1 is 1.10 bits per heavy atom. The molecule has 2 bridgehead atoms. The van der Waals surface area contributed by atoms with Gasteiger partial charge in [-0.2, -0.15) is 0 Å². The van der Waals surface area contributed by atoms with E-state index in [0.717, 1.165) is 29.7 Å². The summed E-state index contributed by atoms with van der Waals surface area (Å²) in [5.74, 6) is 1.000. The van der Waals surface area contributed by atoms with Gasteiger partial charge in [-0.1, -0.05) is 18.2 Å². The molecule has 2 aliphatic heterocycles. The molecule has 2 aromatic carbocycles. The maximum absolute atomic E-state index is 13.2. The fraction of sp³-hybridized carbons (Fsp3) is 0.261. The molecule has 5 rings (SSSR count). The third kappa shape index (κ3) is 3.35. The smallest absolute Gasteiger partial charge is 0.261 e. The zero-order valence-corrected chi connectivity index (χ0v) is 15.8. The SMILES string of the molecule is O=C(COc1ccccc1)N1[C@H]2CC[C@@H]1c1cnc(-c3ccc(F)cc3)nc1C2. The molecule has 0 unspecified atom stereocenters. The summed E-state index contributed by atoms with van der Waals surface area (Å²) in [6.07, 6.45) is 4.39. The Hall–Kier alpha value is -3.28. The predicted octanol–water partition coefficient (Wildman–Crippen LogP) is 3.95. The van der Waals surface area contributed by atoms with E-state index in [1.165, 1.54) is 12.1 Å². The molecule has 0 spiro atoms. The molecule has 0 saturated carbocycles. The van der Waals surface area contributed by atoms with E-state index in [9.17, 15) is 9.18 Å². The molecule has 1 aromatic heterocycles. The zero-order chi connectivity index (χ0) is 19.8. The van der Waals surface area contributed by atoms with Crippen LogP contribution < -0.4 is 4.74 Å². The minimum Gasteiger partial charge on any atom is -0.484 e. The predicted molar refractivity (Wildman–Crippen MR) is 106 cm³/mol. The molecule has 0 N–H and O–H groups in total. The minimum atomic E-state index is -0.281. The van der Waals surface area contributed by atoms with E-state index in [2.05, 4.69) is 4.98 Å². The number of carbonyl (C=O) groups excluding carboxylic acids is 1. The first kappa shape index (κ1) is 17.8. The fourth-order valence-corrected chi connectivity index (χ4v) is 4.33. The van der Waals surface area contributed by atoms with Gasteiger partial charge in [0.15, 0.2) is 12.4 Å². The summed E-state index contributed by atoms with van der Waals surface area (Å²) < 4.78 is 18.9. The van der Waals surface area contributed by atoms with Crippen LogP contribution in [-0.2, 0) is 11.2 Å². The number of ether oxygens (including phenoxy) is 1. The highest BCUT2D eigenvalue weighted by molar-refractivity contribution is 5.79. The standard InChI is InChI=1S/C23H20FN3O2/c24-16-8-6-15(7-9-16)23-25-13-19-20(26-23)12-17-10-11-21(19)27(17)22(28)14-29-18-4-2-1-3-5-18/h1-9,13,17,21H,10-12,14H2/t17-,21+/m0/s1. The van der Waals surface area contributed by atoms with E-state index >= 15 is 0 Å². The van der Waals surface area contributed by atoms with E-state index in [0.29, 0.717) is 18.0 Å². The molecule has 1 fully saturated rings. The molecular formula is C23H20FN3O2. The average Bonchev–Trinajstić information content (AvgIpc) is 3.08. The lowest BCUT2D eigenvalue weighted by atomic mass is 9.99. The number of nitrogens with zero attached hydrogens (tertiary/aromatic N) is 3. The Labute approximate surface area is 168 Å². The number of hydrogen-bond acceptors (Lipinski definition) is 4. The third-order valence-electron chi connectivity index (χ3n) is 5.69. The Morgan fingerprint density at radius 3 is 2.69 bits per heavy atom. The topological polar surface area (TPSA) is 55.3 Å². The first-order chi connectivity index (χ1) is 14.2. The highest BCUT2D eigenvalue weighted by Crippen LogP contribution is 2.43. The molecule has 3 aromatic rings. The normalized spacial score (nSPS) is 19.7. The van der Waals surface area contributed by atoms with Crippen molar-refractivity contribution in [1.82, 2.24) is 14.9 Å². The van der Waals surface area contributed by atoms with Gasteiger partial charge in [0.25, 0.3) is 5.91 Å². The number of aromatic nitrogens is 2. The van der Waals surface area contributed by atoms with Gasteiger partial charge in [0.2, 0.25) is 0 Å². The number of halogens is 1. The van der Waals surface area contributed by atoms with Crippen LogP contribution in [0.4, 0.5) is 4.39 Å². The summed E-state index contributed by atoms with van der Waals surface area (Å²) in [4.78, 5) is 24.1. The van der Waals surface area contributed by atoms with E-state index in [-0.39, 0.29) is 30.4 Å². The van der Waals surface area contributed by atoms with Gasteiger partial charge in [0.05, 0.1) is 11.7 Å². The van der Waals surface area contributed by atoms with Crippen molar-refractivity contribution in [2.24, 2.45) is 0 Å². The lowest BCUT2D eigenvalue weighted by molar-refractivity contribution is -0.137. The third-order valence-corrected chi connectivity index (χ3v) is 5.69. The van der Waals surface area contributed by atoms with Gasteiger partial charge in [0, 0.05) is 29.8 Å². The van der Waals surface area contributed by atoms with Crippen molar-refractivity contribution < 1.29 is 13.9 Å². The lowest BCUT2D eigenvalue weighted by Crippen LogP contribution is -2.44. The van der Waals surface area contributed by atoms with Crippen molar-refractivity contribution in [2.75, 3.05) is 6.61 Å². The van der Waals surface area contributed by atoms with Crippen molar-refractivity contribution in [2.45, 2.75) is 31.3 Å². The molecule has 3 heterocycles. The van der Waals surface area contributed by atoms with Gasteiger partial charge < -0.3 is 9.64 Å². The van der Waals surface area contributed by atoms with Gasteiger partial charge in [-0.15, -0.1) is 0 Å². The summed E-state index contributed by atoms with van der Waals surface area (Å²) in [5.41, 5.74) is 2.79. The fourth-order valence-electron chi connectivity index (χ4n) is 4.33. The van der Waals surface area contributed by atoms with Gasteiger partial charge in [0.1, 0.15) is 11.6 Å². The monoisotopic (exact) mass is 389 g/mol. The second kappa shape index (κ2) is 7.28. The molecule has 2 aliphatic rings. The Kier molecular flexibility index (Phi) is 4.46. The maximum atomic E-state index is 13.2. The number of rotatable bonds is 4. The van der Waals surface area contributed by atoms with E-state index in [4.69, 9.17) is 9.72 Å². The summed E-state index contributed by atoms with van der Waals surface area (Å²) in [6.45, 7) is 0.0286. The summed E-state index contributed by atoms with van der Waals surface area (Å²) in [7, 11) is 0. The molecule has 2 atom stereocenters. The molecule has 146 valence electrons. The van der Waals surface area contributed by atoms with Crippen LogP contribution >= 0.6 is 0 Å². The Bertz CT molecular complexity index is 1040. The molecule has 6 heteroatoms. The average molecular weight is 389 g/mol. The van der Waals surface area contributed by atoms with Crippen LogP contribution in [0, 0.1) is 5.82 Å². The summed E-state index contributed by atoms with van der Waals surface area (Å²) >= 11 is 0. The first-order valence-electron chi connectivity index (χ1n) is 9.80. The molecular weight excluding hydrogens is 369 g/mol. The van der Waals surface area contributed by atoms with Crippen LogP contribution in [0.3, 0.4) is 0 Å². The number of benzene rings is 2. The largest absolute Gasteiger partial charge is 0.484 e. The Balaban J connectivity index is 1.36. The lowest BCUT2D eigenvalue weighted by Gasteiger charge is -2.35. The van der Waals surface area contributed by atoms with Crippen molar-refractivity contribution in [1.29, 1.82) is 0 Å². The molecule has 1 amide bonds. The van der Waals surface area contributed by atoms with Crippen LogP contribution in [0.2, 0.25) is 0 Å². The molecule has 0 radical (unpaired) electrons. The minimum absolute atomic E-state index is 0.00195. The van der Waals surface area contributed by atoms with Crippen LogP contribution in [0.25, 0.3) is 11.4 Å². The van der Waals surface area contributed by atoms with Crippen molar-refractivity contribution in [3.05, 3.63) is 77.9 Å². The van der Waals surface area contributed by atoms with Gasteiger partial charge in [-0.3, -0.25) is 4.79 Å². The van der Waals surface area contributed by atoms with Crippen molar-refractivity contribution in [3.63, 3.8) is 0 Å². The van der Waals surface area contributed by atoms with Crippen molar-refractivity contribution >= 4 is 5.91 Å².